The molecule has 0 unspecified atom stereocenters. The lowest BCUT2D eigenvalue weighted by Gasteiger charge is -2.37. The minimum absolute atomic E-state index is 0.0439. The van der Waals surface area contributed by atoms with Crippen LogP contribution in [0.2, 0.25) is 0 Å². The minimum Gasteiger partial charge on any atom is -0.314 e. The van der Waals surface area contributed by atoms with Gasteiger partial charge in [0, 0.05) is 23.5 Å². The van der Waals surface area contributed by atoms with Gasteiger partial charge in [-0.25, -0.2) is 0 Å². The summed E-state index contributed by atoms with van der Waals surface area (Å²) in [5.41, 5.74) is 4.63. The zero-order valence-corrected chi connectivity index (χ0v) is 15.7. The number of nitrogens with zero attached hydrogens (tertiary/aromatic N) is 1. The van der Waals surface area contributed by atoms with Gasteiger partial charge in [0.25, 0.3) is 0 Å². The van der Waals surface area contributed by atoms with Gasteiger partial charge in [0.15, 0.2) is 0 Å². The molecule has 1 aliphatic heterocycles. The maximum atomic E-state index is 13.2. The van der Waals surface area contributed by atoms with Crippen LogP contribution in [0.4, 0.5) is 5.69 Å². The lowest BCUT2D eigenvalue weighted by molar-refractivity contribution is -0.118. The van der Waals surface area contributed by atoms with E-state index in [9.17, 15) is 4.79 Å². The number of hydrogen-bond donors (Lipinski definition) is 0. The van der Waals surface area contributed by atoms with E-state index in [0.717, 1.165) is 10.6 Å². The van der Waals surface area contributed by atoms with Crippen molar-refractivity contribution in [3.05, 3.63) is 95.6 Å². The molecule has 1 amide bonds. The van der Waals surface area contributed by atoms with E-state index in [1.807, 2.05) is 37.4 Å². The molecular weight excluding hydrogens is 338 g/mol. The van der Waals surface area contributed by atoms with E-state index in [1.165, 1.54) is 16.7 Å². The first-order valence-corrected chi connectivity index (χ1v) is 9.68. The molecule has 2 atom stereocenters. The molecule has 3 aromatic rings. The van der Waals surface area contributed by atoms with Crippen molar-refractivity contribution < 1.29 is 4.79 Å². The van der Waals surface area contributed by atoms with Crippen LogP contribution in [-0.2, 0) is 4.79 Å². The number of benzene rings is 3. The summed E-state index contributed by atoms with van der Waals surface area (Å²) in [5, 5.41) is -0.181. The maximum Gasteiger partial charge on any atom is 0.241 e. The average molecular weight is 359 g/mol. The average Bonchev–Trinajstić information content (AvgIpc) is 2.68. The first kappa shape index (κ1) is 16.9. The van der Waals surface area contributed by atoms with Gasteiger partial charge < -0.3 is 4.90 Å². The van der Waals surface area contributed by atoms with Crippen molar-refractivity contribution >= 4 is 23.4 Å². The van der Waals surface area contributed by atoms with Gasteiger partial charge in [0.1, 0.15) is 0 Å². The van der Waals surface area contributed by atoms with Gasteiger partial charge in [-0.3, -0.25) is 4.79 Å². The molecule has 1 aliphatic rings. The van der Waals surface area contributed by atoms with Gasteiger partial charge in [-0.05, 0) is 36.2 Å². The van der Waals surface area contributed by atoms with Gasteiger partial charge >= 0.3 is 0 Å². The number of para-hydroxylation sites is 1. The first-order chi connectivity index (χ1) is 12.6. The molecule has 0 fully saturated rings. The second-order valence-electron chi connectivity index (χ2n) is 6.70. The molecule has 2 nitrogen and oxygen atoms in total. The second-order valence-corrected chi connectivity index (χ2v) is 7.91. The summed E-state index contributed by atoms with van der Waals surface area (Å²) in [6.07, 6.45) is 0. The fourth-order valence-electron chi connectivity index (χ4n) is 3.57. The van der Waals surface area contributed by atoms with E-state index < -0.39 is 0 Å². The number of carbonyl (C=O) groups is 1. The number of rotatable bonds is 3. The highest BCUT2D eigenvalue weighted by Gasteiger charge is 2.40. The normalized spacial score (nSPS) is 19.3. The number of carbonyl (C=O) groups excluding carboxylic acids is 1. The summed E-state index contributed by atoms with van der Waals surface area (Å²) in [7, 11) is 1.88. The highest BCUT2D eigenvalue weighted by molar-refractivity contribution is 8.00. The molecule has 3 aromatic carbocycles. The molecule has 0 N–H and O–H groups in total. The van der Waals surface area contributed by atoms with Crippen LogP contribution in [0.1, 0.15) is 22.6 Å². The number of aryl methyl sites for hydroxylation is 1. The number of thioether (sulfide) groups is 1. The van der Waals surface area contributed by atoms with Gasteiger partial charge in [-0.15, -0.1) is 11.8 Å². The van der Waals surface area contributed by atoms with Crippen molar-refractivity contribution in [3.63, 3.8) is 0 Å². The van der Waals surface area contributed by atoms with E-state index in [-0.39, 0.29) is 17.1 Å². The molecule has 130 valence electrons. The number of fused-ring (bicyclic) bond motifs is 1. The van der Waals surface area contributed by atoms with E-state index in [1.54, 1.807) is 16.7 Å². The molecule has 0 bridgehead atoms. The Morgan fingerprint density at radius 2 is 1.50 bits per heavy atom. The van der Waals surface area contributed by atoms with Crippen molar-refractivity contribution in [2.75, 3.05) is 11.9 Å². The van der Waals surface area contributed by atoms with E-state index in [4.69, 9.17) is 0 Å². The zero-order chi connectivity index (χ0) is 18.1. The van der Waals surface area contributed by atoms with Crippen molar-refractivity contribution in [3.8, 4) is 0 Å². The third-order valence-electron chi connectivity index (χ3n) is 4.95. The largest absolute Gasteiger partial charge is 0.314 e. The Morgan fingerprint density at radius 1 is 0.846 bits per heavy atom. The number of amides is 1. The van der Waals surface area contributed by atoms with Crippen LogP contribution in [0.5, 0.6) is 0 Å². The highest BCUT2D eigenvalue weighted by Crippen LogP contribution is 2.45. The van der Waals surface area contributed by atoms with Crippen LogP contribution in [-0.4, -0.2) is 18.2 Å². The zero-order valence-electron chi connectivity index (χ0n) is 14.9. The molecule has 0 aliphatic carbocycles. The molecule has 0 spiro atoms. The van der Waals surface area contributed by atoms with Gasteiger partial charge in [-0.1, -0.05) is 66.2 Å². The van der Waals surface area contributed by atoms with E-state index in [2.05, 4.69) is 55.5 Å². The molecule has 0 saturated heterocycles. The fourth-order valence-corrected chi connectivity index (χ4v) is 4.85. The predicted octanol–water partition coefficient (Wildman–Crippen LogP) is 5.26. The van der Waals surface area contributed by atoms with Crippen LogP contribution in [0, 0.1) is 6.92 Å². The molecule has 26 heavy (non-hydrogen) atoms. The van der Waals surface area contributed by atoms with Crippen molar-refractivity contribution in [1.82, 2.24) is 0 Å². The number of hydrogen-bond acceptors (Lipinski definition) is 2. The van der Waals surface area contributed by atoms with Crippen molar-refractivity contribution in [2.45, 2.75) is 23.0 Å². The van der Waals surface area contributed by atoms with Crippen LogP contribution >= 0.6 is 11.8 Å². The monoisotopic (exact) mass is 359 g/mol. The Balaban J connectivity index is 1.82. The fraction of sp³-hybridized carbons (Fsp3) is 0.174. The van der Waals surface area contributed by atoms with Gasteiger partial charge in [0.2, 0.25) is 5.91 Å². The Bertz CT molecular complexity index is 920. The first-order valence-electron chi connectivity index (χ1n) is 8.80. The molecule has 0 aromatic heterocycles. The Morgan fingerprint density at radius 3 is 2.23 bits per heavy atom. The molecule has 0 saturated carbocycles. The Hall–Kier alpha value is -2.52. The lowest BCUT2D eigenvalue weighted by atomic mass is 9.84. The maximum absolute atomic E-state index is 13.2. The molecule has 4 rings (SSSR count). The van der Waals surface area contributed by atoms with Crippen LogP contribution < -0.4 is 4.90 Å². The second kappa shape index (κ2) is 7.00. The highest BCUT2D eigenvalue weighted by atomic mass is 32.2. The molecule has 3 heteroatoms. The quantitative estimate of drug-likeness (QED) is 0.635. The van der Waals surface area contributed by atoms with Crippen molar-refractivity contribution in [1.29, 1.82) is 0 Å². The predicted molar refractivity (Wildman–Crippen MR) is 109 cm³/mol. The minimum atomic E-state index is -0.181. The SMILES string of the molecule is Cc1ccc(S[C@H]2C(=O)N(C)c3ccccc3[C@H]2c2ccccc2)cc1. The number of anilines is 1. The van der Waals surface area contributed by atoms with E-state index in [0.29, 0.717) is 0 Å². The summed E-state index contributed by atoms with van der Waals surface area (Å²) in [6.45, 7) is 2.08. The molecular formula is C23H21NOS. The Labute approximate surface area is 158 Å². The standard InChI is InChI=1S/C23H21NOS/c1-16-12-14-18(15-13-16)26-22-21(17-8-4-3-5-9-17)19-10-6-7-11-20(19)24(2)23(22)25/h3-15,21-22H,1-2H3/t21-,22-/m1/s1. The van der Waals surface area contributed by atoms with E-state index >= 15 is 0 Å². The Kier molecular flexibility index (Phi) is 4.56. The van der Waals surface area contributed by atoms with Crippen LogP contribution in [0.3, 0.4) is 0 Å². The molecule has 1 heterocycles. The third kappa shape index (κ3) is 3.04. The summed E-state index contributed by atoms with van der Waals surface area (Å²) < 4.78 is 0. The summed E-state index contributed by atoms with van der Waals surface area (Å²) in [6, 6.07) is 27.0. The lowest BCUT2D eigenvalue weighted by Crippen LogP contribution is -2.43. The van der Waals surface area contributed by atoms with Crippen LogP contribution in [0.25, 0.3) is 0 Å². The summed E-state index contributed by atoms with van der Waals surface area (Å²) in [5.74, 6) is 0.200. The summed E-state index contributed by atoms with van der Waals surface area (Å²) in [4.78, 5) is 16.2. The summed E-state index contributed by atoms with van der Waals surface area (Å²) >= 11 is 1.66. The van der Waals surface area contributed by atoms with Gasteiger partial charge in [0.05, 0.1) is 5.25 Å². The smallest absolute Gasteiger partial charge is 0.241 e. The van der Waals surface area contributed by atoms with Crippen LogP contribution in [0.15, 0.2) is 83.8 Å². The van der Waals surface area contributed by atoms with Gasteiger partial charge in [-0.2, -0.15) is 0 Å². The topological polar surface area (TPSA) is 20.3 Å². The third-order valence-corrected chi connectivity index (χ3v) is 6.22. The molecule has 0 radical (unpaired) electrons. The van der Waals surface area contributed by atoms with Crippen molar-refractivity contribution in [2.24, 2.45) is 0 Å².